The maximum Gasteiger partial charge on any atom is 0.234 e. The van der Waals surface area contributed by atoms with Gasteiger partial charge in [0.25, 0.3) is 0 Å². The number of carbonyl (C=O) groups is 1. The summed E-state index contributed by atoms with van der Waals surface area (Å²) < 4.78 is 5.58. The molecule has 0 aliphatic heterocycles. The number of hydrogen-bond donors (Lipinski definition) is 2. The Hall–Kier alpha value is -3.37. The fraction of sp³-hybridized carbons (Fsp3) is 0.160. The summed E-state index contributed by atoms with van der Waals surface area (Å²) in [4.78, 5) is 12.6. The van der Waals surface area contributed by atoms with Crippen LogP contribution in [-0.4, -0.2) is 12.5 Å². The molecule has 0 bridgehead atoms. The number of benzene rings is 3. The van der Waals surface area contributed by atoms with E-state index in [4.69, 9.17) is 4.42 Å². The van der Waals surface area contributed by atoms with Crippen LogP contribution in [-0.2, 0) is 4.79 Å². The van der Waals surface area contributed by atoms with Crippen LogP contribution in [0.5, 0.6) is 0 Å². The van der Waals surface area contributed by atoms with E-state index in [9.17, 15) is 4.79 Å². The van der Waals surface area contributed by atoms with Gasteiger partial charge in [0.15, 0.2) is 0 Å². The van der Waals surface area contributed by atoms with Crippen LogP contribution in [0.15, 0.2) is 95.6 Å². The summed E-state index contributed by atoms with van der Waals surface area (Å²) >= 11 is 0. The number of hydrogen-bond acceptors (Lipinski definition) is 3. The van der Waals surface area contributed by atoms with Gasteiger partial charge in [-0.2, -0.15) is 0 Å². The Bertz CT molecular complexity index is 1070. The van der Waals surface area contributed by atoms with Crippen LogP contribution >= 0.6 is 0 Å². The lowest BCUT2D eigenvalue weighted by Gasteiger charge is -2.19. The molecular formula is C25H24N2O2. The highest BCUT2D eigenvalue weighted by Crippen LogP contribution is 2.22. The van der Waals surface area contributed by atoms with E-state index in [1.807, 2.05) is 61.5 Å². The maximum atomic E-state index is 12.6. The zero-order chi connectivity index (χ0) is 20.1. The molecule has 0 saturated carbocycles. The van der Waals surface area contributed by atoms with Crippen LogP contribution < -0.4 is 10.6 Å². The highest BCUT2D eigenvalue weighted by atomic mass is 16.3. The van der Waals surface area contributed by atoms with Gasteiger partial charge in [-0.3, -0.25) is 10.1 Å². The molecule has 0 fully saturated rings. The molecule has 1 aromatic heterocycles. The second-order valence-corrected chi connectivity index (χ2v) is 7.14. The molecule has 0 spiro atoms. The number of nitrogens with one attached hydrogen (secondary N) is 2. The van der Waals surface area contributed by atoms with E-state index in [2.05, 4.69) is 41.0 Å². The molecule has 29 heavy (non-hydrogen) atoms. The van der Waals surface area contributed by atoms with Gasteiger partial charge in [-0.1, -0.05) is 66.7 Å². The van der Waals surface area contributed by atoms with Crippen molar-refractivity contribution in [3.05, 3.63) is 108 Å². The summed E-state index contributed by atoms with van der Waals surface area (Å²) in [7, 11) is 0. The van der Waals surface area contributed by atoms with Crippen LogP contribution in [0, 0.1) is 0 Å². The fourth-order valence-electron chi connectivity index (χ4n) is 3.53. The van der Waals surface area contributed by atoms with Crippen LogP contribution in [0.2, 0.25) is 0 Å². The van der Waals surface area contributed by atoms with E-state index in [0.717, 1.165) is 16.9 Å². The minimum atomic E-state index is -0.173. The Labute approximate surface area is 170 Å². The summed E-state index contributed by atoms with van der Waals surface area (Å²) in [5.41, 5.74) is 2.14. The van der Waals surface area contributed by atoms with Crippen molar-refractivity contribution in [1.82, 2.24) is 10.6 Å². The average molecular weight is 384 g/mol. The Morgan fingerprint density at radius 2 is 1.62 bits per heavy atom. The van der Waals surface area contributed by atoms with Crippen LogP contribution in [0.4, 0.5) is 0 Å². The van der Waals surface area contributed by atoms with E-state index in [0.29, 0.717) is 0 Å². The predicted octanol–water partition coefficient (Wildman–Crippen LogP) is 4.99. The number of amides is 1. The molecule has 2 N–H and O–H groups in total. The molecule has 0 saturated heterocycles. The van der Waals surface area contributed by atoms with Crippen LogP contribution in [0.1, 0.15) is 35.9 Å². The minimum Gasteiger partial charge on any atom is -0.467 e. The van der Waals surface area contributed by atoms with E-state index < -0.39 is 0 Å². The highest BCUT2D eigenvalue weighted by Gasteiger charge is 2.18. The monoisotopic (exact) mass is 384 g/mol. The van der Waals surface area contributed by atoms with Crippen molar-refractivity contribution in [3.63, 3.8) is 0 Å². The lowest BCUT2D eigenvalue weighted by Crippen LogP contribution is -2.37. The quantitative estimate of drug-likeness (QED) is 0.472. The van der Waals surface area contributed by atoms with Crippen molar-refractivity contribution in [2.24, 2.45) is 0 Å². The molecule has 1 amide bonds. The number of rotatable bonds is 7. The summed E-state index contributed by atoms with van der Waals surface area (Å²) in [6.45, 7) is 2.20. The Morgan fingerprint density at radius 1 is 0.862 bits per heavy atom. The second-order valence-electron chi connectivity index (χ2n) is 7.14. The summed E-state index contributed by atoms with van der Waals surface area (Å²) in [6, 6.07) is 28.0. The van der Waals surface area contributed by atoms with Gasteiger partial charge in [0.2, 0.25) is 5.91 Å². The first kappa shape index (κ1) is 19.0. The van der Waals surface area contributed by atoms with Crippen molar-refractivity contribution in [2.45, 2.75) is 19.0 Å². The molecule has 0 radical (unpaired) electrons. The summed E-state index contributed by atoms with van der Waals surface area (Å²) in [5.74, 6) is 0.727. The predicted molar refractivity (Wildman–Crippen MR) is 116 cm³/mol. The van der Waals surface area contributed by atoms with Crippen molar-refractivity contribution >= 4 is 16.7 Å². The average Bonchev–Trinajstić information content (AvgIpc) is 3.29. The van der Waals surface area contributed by atoms with Crippen molar-refractivity contribution in [3.8, 4) is 0 Å². The smallest absolute Gasteiger partial charge is 0.234 e. The second kappa shape index (κ2) is 8.76. The first-order valence-corrected chi connectivity index (χ1v) is 9.80. The third-order valence-corrected chi connectivity index (χ3v) is 5.08. The standard InChI is InChI=1S/C25H24N2O2/c1-18(21-14-13-19-8-5-6-11-22(19)16-21)27-24(28)17-26-25(23-12-7-15-29-23)20-9-3-2-4-10-20/h2-16,18,25-26H,17H2,1H3,(H,27,28)/t18-,25-/m1/s1. The van der Waals surface area contributed by atoms with Crippen molar-refractivity contribution in [2.75, 3.05) is 6.54 Å². The molecule has 0 aliphatic carbocycles. The van der Waals surface area contributed by atoms with Gasteiger partial charge in [0, 0.05) is 0 Å². The van der Waals surface area contributed by atoms with Crippen LogP contribution in [0.3, 0.4) is 0 Å². The topological polar surface area (TPSA) is 54.3 Å². The molecule has 4 rings (SSSR count). The molecule has 2 atom stereocenters. The molecular weight excluding hydrogens is 360 g/mol. The van der Waals surface area contributed by atoms with Crippen LogP contribution in [0.25, 0.3) is 10.8 Å². The number of fused-ring (bicyclic) bond motifs is 1. The minimum absolute atomic E-state index is 0.0573. The zero-order valence-electron chi connectivity index (χ0n) is 16.3. The molecule has 3 aromatic carbocycles. The molecule has 1 heterocycles. The van der Waals surface area contributed by atoms with E-state index in [-0.39, 0.29) is 24.5 Å². The SMILES string of the molecule is C[C@@H](NC(=O)CN[C@H](c1ccccc1)c1ccco1)c1ccc2ccccc2c1. The first-order chi connectivity index (χ1) is 14.2. The largest absolute Gasteiger partial charge is 0.467 e. The molecule has 0 aliphatic rings. The lowest BCUT2D eigenvalue weighted by atomic mass is 10.0. The van der Waals surface area contributed by atoms with Gasteiger partial charge in [-0.25, -0.2) is 0 Å². The van der Waals surface area contributed by atoms with E-state index in [1.54, 1.807) is 6.26 Å². The highest BCUT2D eigenvalue weighted by molar-refractivity contribution is 5.83. The molecule has 0 unspecified atom stereocenters. The third kappa shape index (κ3) is 4.55. The maximum absolute atomic E-state index is 12.6. The molecule has 4 heteroatoms. The van der Waals surface area contributed by atoms with Crippen molar-refractivity contribution < 1.29 is 9.21 Å². The van der Waals surface area contributed by atoms with Gasteiger partial charge in [0.05, 0.1) is 24.9 Å². The van der Waals surface area contributed by atoms with E-state index in [1.165, 1.54) is 10.8 Å². The first-order valence-electron chi connectivity index (χ1n) is 9.80. The van der Waals surface area contributed by atoms with Gasteiger partial charge in [-0.15, -0.1) is 0 Å². The van der Waals surface area contributed by atoms with Gasteiger partial charge in [0.1, 0.15) is 5.76 Å². The molecule has 4 nitrogen and oxygen atoms in total. The number of furan rings is 1. The number of carbonyl (C=O) groups excluding carboxylic acids is 1. The Kier molecular flexibility index (Phi) is 5.73. The van der Waals surface area contributed by atoms with Gasteiger partial charge >= 0.3 is 0 Å². The fourth-order valence-corrected chi connectivity index (χ4v) is 3.53. The van der Waals surface area contributed by atoms with Gasteiger partial charge in [-0.05, 0) is 47.0 Å². The van der Waals surface area contributed by atoms with Gasteiger partial charge < -0.3 is 9.73 Å². The Balaban J connectivity index is 1.41. The third-order valence-electron chi connectivity index (χ3n) is 5.08. The lowest BCUT2D eigenvalue weighted by molar-refractivity contribution is -0.121. The van der Waals surface area contributed by atoms with E-state index >= 15 is 0 Å². The summed E-state index contributed by atoms with van der Waals surface area (Å²) in [6.07, 6.45) is 1.65. The normalized spacial score (nSPS) is 13.1. The molecule has 4 aromatic rings. The Morgan fingerprint density at radius 3 is 2.38 bits per heavy atom. The molecule has 146 valence electrons. The summed E-state index contributed by atoms with van der Waals surface area (Å²) in [5, 5.41) is 8.77. The van der Waals surface area contributed by atoms with Crippen molar-refractivity contribution in [1.29, 1.82) is 0 Å². The zero-order valence-corrected chi connectivity index (χ0v) is 16.3.